The van der Waals surface area contributed by atoms with E-state index in [1.54, 1.807) is 7.11 Å². The highest BCUT2D eigenvalue weighted by atomic mass is 16.7. The third-order valence-corrected chi connectivity index (χ3v) is 4.63. The average Bonchev–Trinajstić information content (AvgIpc) is 2.42. The average molecular weight is 300 g/mol. The lowest BCUT2D eigenvalue weighted by atomic mass is 9.64. The molecule has 0 aromatic heterocycles. The van der Waals surface area contributed by atoms with Crippen LogP contribution in [-0.4, -0.2) is 38.9 Å². The predicted octanol–water partition coefficient (Wildman–Crippen LogP) is 2.57. The van der Waals surface area contributed by atoms with Crippen molar-refractivity contribution in [1.82, 2.24) is 0 Å². The van der Waals surface area contributed by atoms with Gasteiger partial charge >= 0.3 is 5.97 Å². The van der Waals surface area contributed by atoms with Crippen molar-refractivity contribution in [3.05, 3.63) is 0 Å². The largest absolute Gasteiger partial charge is 0.468 e. The first-order valence-corrected chi connectivity index (χ1v) is 7.52. The summed E-state index contributed by atoms with van der Waals surface area (Å²) in [4.78, 5) is 23.6. The summed E-state index contributed by atoms with van der Waals surface area (Å²) in [6, 6.07) is 0. The Morgan fingerprint density at radius 3 is 2.48 bits per heavy atom. The standard InChI is InChI=1S/C16H28O5/c1-11(17)12(15(18)20-5)9-13-14(21-10-19-4)7-6-8-16(13,2)3/h12-14H,6-10H2,1-5H3/t12?,13-,14+/m1/s1. The highest BCUT2D eigenvalue weighted by molar-refractivity contribution is 5.97. The molecule has 0 aromatic carbocycles. The van der Waals surface area contributed by atoms with Crippen LogP contribution in [0.5, 0.6) is 0 Å². The number of Topliss-reactive ketones (excluding diaryl/α,β-unsaturated/α-hetero) is 1. The van der Waals surface area contributed by atoms with Crippen molar-refractivity contribution in [2.45, 2.75) is 52.6 Å². The Balaban J connectivity index is 2.89. The molecule has 5 nitrogen and oxygen atoms in total. The molecule has 0 N–H and O–H groups in total. The number of ether oxygens (including phenoxy) is 3. The van der Waals surface area contributed by atoms with Gasteiger partial charge in [-0.2, -0.15) is 0 Å². The van der Waals surface area contributed by atoms with Gasteiger partial charge in [0.2, 0.25) is 0 Å². The normalized spacial score (nSPS) is 26.1. The highest BCUT2D eigenvalue weighted by Crippen LogP contribution is 2.45. The van der Waals surface area contributed by atoms with E-state index in [1.807, 2.05) is 0 Å². The highest BCUT2D eigenvalue weighted by Gasteiger charge is 2.43. The van der Waals surface area contributed by atoms with E-state index in [2.05, 4.69) is 13.8 Å². The summed E-state index contributed by atoms with van der Waals surface area (Å²) in [6.07, 6.45) is 3.57. The van der Waals surface area contributed by atoms with E-state index in [-0.39, 0.29) is 30.0 Å². The number of carbonyl (C=O) groups excluding carboxylic acids is 2. The topological polar surface area (TPSA) is 61.8 Å². The molecule has 0 spiro atoms. The molecule has 5 heteroatoms. The Morgan fingerprint density at radius 1 is 1.29 bits per heavy atom. The number of esters is 1. The van der Waals surface area contributed by atoms with Crippen LogP contribution < -0.4 is 0 Å². The van der Waals surface area contributed by atoms with Crippen LogP contribution in [0, 0.1) is 17.3 Å². The minimum Gasteiger partial charge on any atom is -0.468 e. The predicted molar refractivity (Wildman–Crippen MR) is 78.7 cm³/mol. The lowest BCUT2D eigenvalue weighted by molar-refractivity contribution is -0.155. The molecule has 21 heavy (non-hydrogen) atoms. The summed E-state index contributed by atoms with van der Waals surface area (Å²) in [5.41, 5.74) is 0.0262. The molecule has 1 unspecified atom stereocenters. The minimum atomic E-state index is -0.703. The van der Waals surface area contributed by atoms with Crippen LogP contribution in [0.15, 0.2) is 0 Å². The minimum absolute atomic E-state index is 0.0141. The van der Waals surface area contributed by atoms with Gasteiger partial charge in [-0.1, -0.05) is 20.3 Å². The molecule has 3 atom stereocenters. The SMILES string of the molecule is COCO[C@H]1CCCC(C)(C)[C@@H]1CC(C(C)=O)C(=O)OC. The fourth-order valence-corrected chi connectivity index (χ4v) is 3.30. The Hall–Kier alpha value is -0.940. The Kier molecular flexibility index (Phi) is 6.81. The fraction of sp³-hybridized carbons (Fsp3) is 0.875. The van der Waals surface area contributed by atoms with Gasteiger partial charge < -0.3 is 14.2 Å². The zero-order chi connectivity index (χ0) is 16.0. The second-order valence-electron chi connectivity index (χ2n) is 6.52. The number of carbonyl (C=O) groups is 2. The van der Waals surface area contributed by atoms with E-state index in [0.29, 0.717) is 6.42 Å². The van der Waals surface area contributed by atoms with Crippen LogP contribution in [0.25, 0.3) is 0 Å². The second-order valence-corrected chi connectivity index (χ2v) is 6.52. The molecule has 1 fully saturated rings. The molecule has 0 heterocycles. The van der Waals surface area contributed by atoms with Gasteiger partial charge in [0.15, 0.2) is 0 Å². The summed E-state index contributed by atoms with van der Waals surface area (Å²) >= 11 is 0. The van der Waals surface area contributed by atoms with Crippen LogP contribution in [0.3, 0.4) is 0 Å². The fourth-order valence-electron chi connectivity index (χ4n) is 3.30. The third-order valence-electron chi connectivity index (χ3n) is 4.63. The van der Waals surface area contributed by atoms with Gasteiger partial charge in [0.1, 0.15) is 18.5 Å². The van der Waals surface area contributed by atoms with Crippen molar-refractivity contribution in [2.75, 3.05) is 21.0 Å². The van der Waals surface area contributed by atoms with E-state index < -0.39 is 11.9 Å². The quantitative estimate of drug-likeness (QED) is 0.411. The van der Waals surface area contributed by atoms with E-state index in [1.165, 1.54) is 14.0 Å². The smallest absolute Gasteiger partial charge is 0.316 e. The molecule has 1 rings (SSSR count). The molecule has 1 aliphatic rings. The van der Waals surface area contributed by atoms with Crippen LogP contribution in [0.1, 0.15) is 46.5 Å². The number of hydrogen-bond donors (Lipinski definition) is 0. The monoisotopic (exact) mass is 300 g/mol. The zero-order valence-corrected chi connectivity index (χ0v) is 13.8. The molecule has 0 amide bonds. The molecule has 0 aromatic rings. The van der Waals surface area contributed by atoms with Gasteiger partial charge in [0.05, 0.1) is 13.2 Å². The van der Waals surface area contributed by atoms with Gasteiger partial charge in [-0.25, -0.2) is 0 Å². The van der Waals surface area contributed by atoms with Crippen LogP contribution in [0.4, 0.5) is 0 Å². The summed E-state index contributed by atoms with van der Waals surface area (Å²) in [5, 5.41) is 0. The lowest BCUT2D eigenvalue weighted by Crippen LogP contribution is -2.43. The van der Waals surface area contributed by atoms with Crippen molar-refractivity contribution >= 4 is 11.8 Å². The first-order chi connectivity index (χ1) is 9.83. The van der Waals surface area contributed by atoms with Gasteiger partial charge in [0.25, 0.3) is 0 Å². The number of methoxy groups -OCH3 is 2. The number of hydrogen-bond acceptors (Lipinski definition) is 5. The summed E-state index contributed by atoms with van der Waals surface area (Å²) < 4.78 is 15.6. The van der Waals surface area contributed by atoms with Crippen molar-refractivity contribution in [1.29, 1.82) is 0 Å². The van der Waals surface area contributed by atoms with Gasteiger partial charge in [0, 0.05) is 7.11 Å². The summed E-state index contributed by atoms with van der Waals surface area (Å²) in [6.45, 7) is 6.03. The maximum Gasteiger partial charge on any atom is 0.316 e. The first kappa shape index (κ1) is 18.1. The third kappa shape index (κ3) is 4.78. The molecule has 0 radical (unpaired) electrons. The first-order valence-electron chi connectivity index (χ1n) is 7.52. The van der Waals surface area contributed by atoms with Crippen molar-refractivity contribution in [3.63, 3.8) is 0 Å². The number of ketones is 1. The van der Waals surface area contributed by atoms with Gasteiger partial charge in [-0.15, -0.1) is 0 Å². The molecular formula is C16H28O5. The van der Waals surface area contributed by atoms with Crippen molar-refractivity contribution in [2.24, 2.45) is 17.3 Å². The molecule has 122 valence electrons. The molecule has 0 aliphatic heterocycles. The number of rotatable bonds is 7. The lowest BCUT2D eigenvalue weighted by Gasteiger charge is -2.44. The van der Waals surface area contributed by atoms with Gasteiger partial charge in [-0.05, 0) is 37.5 Å². The maximum atomic E-state index is 11.9. The van der Waals surface area contributed by atoms with E-state index in [4.69, 9.17) is 14.2 Å². The Bertz CT molecular complexity index is 364. The van der Waals surface area contributed by atoms with Crippen LogP contribution in [-0.2, 0) is 23.8 Å². The Morgan fingerprint density at radius 2 is 1.95 bits per heavy atom. The molecule has 0 bridgehead atoms. The second kappa shape index (κ2) is 7.90. The maximum absolute atomic E-state index is 11.9. The molecule has 0 saturated heterocycles. The van der Waals surface area contributed by atoms with Crippen molar-refractivity contribution < 1.29 is 23.8 Å². The molecule has 1 saturated carbocycles. The van der Waals surface area contributed by atoms with Gasteiger partial charge in [-0.3, -0.25) is 9.59 Å². The van der Waals surface area contributed by atoms with E-state index in [9.17, 15) is 9.59 Å². The van der Waals surface area contributed by atoms with Crippen LogP contribution in [0.2, 0.25) is 0 Å². The molecule has 1 aliphatic carbocycles. The molecular weight excluding hydrogens is 272 g/mol. The van der Waals surface area contributed by atoms with Crippen LogP contribution >= 0.6 is 0 Å². The Labute approximate surface area is 127 Å². The zero-order valence-electron chi connectivity index (χ0n) is 13.8. The summed E-state index contributed by atoms with van der Waals surface area (Å²) in [5.74, 6) is -1.16. The summed E-state index contributed by atoms with van der Waals surface area (Å²) in [7, 11) is 2.92. The van der Waals surface area contributed by atoms with E-state index in [0.717, 1.165) is 19.3 Å². The van der Waals surface area contributed by atoms with Crippen molar-refractivity contribution in [3.8, 4) is 0 Å². The van der Waals surface area contributed by atoms with E-state index >= 15 is 0 Å².